The number of rotatable bonds is 6. The number of aliphatic hydroxyl groups excluding tert-OH is 1. The number of nitro groups is 1. The third kappa shape index (κ3) is 3.17. The quantitative estimate of drug-likeness (QED) is 0.651. The van der Waals surface area contributed by atoms with Crippen molar-refractivity contribution in [3.05, 3.63) is 43.4 Å². The average molecular weight is 312 g/mol. The lowest BCUT2D eigenvalue weighted by Crippen LogP contribution is -2.21. The fourth-order valence-electron chi connectivity index (χ4n) is 1.87. The van der Waals surface area contributed by atoms with E-state index in [-0.39, 0.29) is 10.6 Å². The molecule has 0 spiro atoms. The highest BCUT2D eigenvalue weighted by atomic mass is 32.1. The molecule has 0 aliphatic heterocycles. The highest BCUT2D eigenvalue weighted by Gasteiger charge is 2.25. The molecule has 0 unspecified atom stereocenters. The third-order valence-corrected chi connectivity index (χ3v) is 5.13. The molecular weight excluding hydrogens is 296 g/mol. The predicted molar refractivity (Wildman–Crippen MR) is 82.7 cm³/mol. The highest BCUT2D eigenvalue weighted by Crippen LogP contribution is 2.40. The van der Waals surface area contributed by atoms with E-state index in [0.29, 0.717) is 23.0 Å². The fraction of sp³-hybridized carbons (Fsp3) is 0.385. The van der Waals surface area contributed by atoms with Crippen LogP contribution in [-0.4, -0.2) is 16.6 Å². The molecule has 2 aromatic heterocycles. The maximum atomic E-state index is 11.2. The fourth-order valence-corrected chi connectivity index (χ4v) is 3.72. The first-order valence-corrected chi connectivity index (χ1v) is 7.96. The number of aliphatic hydroxyl groups is 1. The first-order valence-electron chi connectivity index (χ1n) is 6.26. The molecule has 0 bridgehead atoms. The van der Waals surface area contributed by atoms with Gasteiger partial charge in [-0.15, -0.1) is 22.7 Å². The second-order valence-corrected chi connectivity index (χ2v) is 6.46. The molecule has 7 heteroatoms. The van der Waals surface area contributed by atoms with Crippen molar-refractivity contribution in [2.24, 2.45) is 0 Å². The van der Waals surface area contributed by atoms with Crippen LogP contribution in [0.5, 0.6) is 0 Å². The van der Waals surface area contributed by atoms with E-state index in [1.807, 2.05) is 29.3 Å². The second kappa shape index (κ2) is 6.34. The van der Waals surface area contributed by atoms with E-state index in [0.717, 1.165) is 4.88 Å². The molecule has 2 heterocycles. The SMILES string of the molecule is CCN(Cc1cccs1)c1sc([C@H](C)O)cc1[N+](=O)[O-]. The molecule has 0 radical (unpaired) electrons. The van der Waals surface area contributed by atoms with Crippen LogP contribution in [0, 0.1) is 10.1 Å². The van der Waals surface area contributed by atoms with Gasteiger partial charge in [-0.3, -0.25) is 10.1 Å². The largest absolute Gasteiger partial charge is 0.388 e. The van der Waals surface area contributed by atoms with Crippen molar-refractivity contribution in [3.63, 3.8) is 0 Å². The van der Waals surface area contributed by atoms with Crippen LogP contribution in [0.1, 0.15) is 29.7 Å². The Morgan fingerprint density at radius 3 is 2.80 bits per heavy atom. The minimum absolute atomic E-state index is 0.0734. The minimum Gasteiger partial charge on any atom is -0.388 e. The van der Waals surface area contributed by atoms with E-state index in [9.17, 15) is 15.2 Å². The summed E-state index contributed by atoms with van der Waals surface area (Å²) in [4.78, 5) is 14.6. The van der Waals surface area contributed by atoms with Gasteiger partial charge in [-0.25, -0.2) is 0 Å². The van der Waals surface area contributed by atoms with Crippen LogP contribution in [-0.2, 0) is 6.54 Å². The maximum absolute atomic E-state index is 11.2. The normalized spacial score (nSPS) is 12.3. The van der Waals surface area contributed by atoms with Crippen LogP contribution >= 0.6 is 22.7 Å². The minimum atomic E-state index is -0.687. The van der Waals surface area contributed by atoms with Crippen LogP contribution < -0.4 is 4.90 Å². The zero-order valence-electron chi connectivity index (χ0n) is 11.3. The molecule has 1 atom stereocenters. The van der Waals surface area contributed by atoms with Gasteiger partial charge >= 0.3 is 5.69 Å². The van der Waals surface area contributed by atoms with Gasteiger partial charge in [0.05, 0.1) is 17.6 Å². The lowest BCUT2D eigenvalue weighted by molar-refractivity contribution is -0.383. The molecule has 20 heavy (non-hydrogen) atoms. The van der Waals surface area contributed by atoms with E-state index in [4.69, 9.17) is 0 Å². The van der Waals surface area contributed by atoms with Crippen LogP contribution in [0.15, 0.2) is 23.6 Å². The smallest absolute Gasteiger partial charge is 0.304 e. The first-order chi connectivity index (χ1) is 9.52. The van der Waals surface area contributed by atoms with Gasteiger partial charge in [0, 0.05) is 22.4 Å². The molecule has 0 aromatic carbocycles. The first kappa shape index (κ1) is 15.0. The van der Waals surface area contributed by atoms with Crippen LogP contribution in [0.25, 0.3) is 0 Å². The van der Waals surface area contributed by atoms with Crippen LogP contribution in [0.2, 0.25) is 0 Å². The molecule has 0 aliphatic rings. The second-order valence-electron chi connectivity index (χ2n) is 4.37. The van der Waals surface area contributed by atoms with Crippen molar-refractivity contribution >= 4 is 33.4 Å². The van der Waals surface area contributed by atoms with Gasteiger partial charge in [0.25, 0.3) is 0 Å². The van der Waals surface area contributed by atoms with Crippen LogP contribution in [0.3, 0.4) is 0 Å². The van der Waals surface area contributed by atoms with Gasteiger partial charge in [0.15, 0.2) is 5.00 Å². The van der Waals surface area contributed by atoms with Crippen molar-refractivity contribution in [2.45, 2.75) is 26.5 Å². The third-order valence-electron chi connectivity index (χ3n) is 2.92. The standard InChI is InChI=1S/C13H16N2O3S2/c1-3-14(8-10-5-4-6-19-10)13-11(15(17)18)7-12(20-13)9(2)16/h4-7,9,16H,3,8H2,1-2H3/t9-/m0/s1. The predicted octanol–water partition coefficient (Wildman–Crippen LogP) is 3.80. The van der Waals surface area contributed by atoms with E-state index in [1.54, 1.807) is 18.3 Å². The number of hydrogen-bond donors (Lipinski definition) is 1. The van der Waals surface area contributed by atoms with Crippen molar-refractivity contribution in [1.29, 1.82) is 0 Å². The summed E-state index contributed by atoms with van der Waals surface area (Å²) in [7, 11) is 0. The number of thiophene rings is 2. The molecule has 2 aromatic rings. The Bertz CT molecular complexity index is 578. The summed E-state index contributed by atoms with van der Waals surface area (Å²) in [5.41, 5.74) is 0.0734. The molecule has 0 amide bonds. The van der Waals surface area contributed by atoms with Gasteiger partial charge < -0.3 is 10.0 Å². The summed E-state index contributed by atoms with van der Waals surface area (Å²) in [5.74, 6) is 0. The molecule has 1 N–H and O–H groups in total. The Kier molecular flexibility index (Phi) is 4.74. The Morgan fingerprint density at radius 2 is 2.30 bits per heavy atom. The number of hydrogen-bond acceptors (Lipinski definition) is 6. The molecule has 0 saturated carbocycles. The molecule has 0 aliphatic carbocycles. The molecule has 0 saturated heterocycles. The Hall–Kier alpha value is -1.44. The van der Waals surface area contributed by atoms with Gasteiger partial charge in [0.2, 0.25) is 0 Å². The van der Waals surface area contributed by atoms with E-state index < -0.39 is 6.10 Å². The van der Waals surface area contributed by atoms with Crippen LogP contribution in [0.4, 0.5) is 10.7 Å². The molecule has 2 rings (SSSR count). The summed E-state index contributed by atoms with van der Waals surface area (Å²) < 4.78 is 0. The monoisotopic (exact) mass is 312 g/mol. The molecular formula is C13H16N2O3S2. The summed E-state index contributed by atoms with van der Waals surface area (Å²) in [5, 5.41) is 23.4. The van der Waals surface area contributed by atoms with Crippen molar-refractivity contribution in [1.82, 2.24) is 0 Å². The van der Waals surface area contributed by atoms with Gasteiger partial charge in [-0.2, -0.15) is 0 Å². The van der Waals surface area contributed by atoms with E-state index >= 15 is 0 Å². The van der Waals surface area contributed by atoms with Crippen molar-refractivity contribution < 1.29 is 10.0 Å². The lowest BCUT2D eigenvalue weighted by atomic mass is 10.3. The average Bonchev–Trinajstić information content (AvgIpc) is 3.04. The number of nitrogens with zero attached hydrogens (tertiary/aromatic N) is 2. The van der Waals surface area contributed by atoms with Crippen molar-refractivity contribution in [3.8, 4) is 0 Å². The summed E-state index contributed by atoms with van der Waals surface area (Å²) in [6.07, 6.45) is -0.687. The highest BCUT2D eigenvalue weighted by molar-refractivity contribution is 7.16. The lowest BCUT2D eigenvalue weighted by Gasteiger charge is -2.19. The topological polar surface area (TPSA) is 66.6 Å². The van der Waals surface area contributed by atoms with Gasteiger partial charge in [0.1, 0.15) is 0 Å². The zero-order valence-corrected chi connectivity index (χ0v) is 12.9. The molecule has 5 nitrogen and oxygen atoms in total. The van der Waals surface area contributed by atoms with Gasteiger partial charge in [-0.1, -0.05) is 6.07 Å². The summed E-state index contributed by atoms with van der Waals surface area (Å²) in [6.45, 7) is 4.92. The Labute approximate surface area is 125 Å². The number of anilines is 1. The maximum Gasteiger partial charge on any atom is 0.304 e. The van der Waals surface area contributed by atoms with Gasteiger partial charge in [-0.05, 0) is 25.3 Å². The van der Waals surface area contributed by atoms with E-state index in [1.165, 1.54) is 17.4 Å². The van der Waals surface area contributed by atoms with E-state index in [2.05, 4.69) is 0 Å². The summed E-state index contributed by atoms with van der Waals surface area (Å²) in [6, 6.07) is 5.46. The van der Waals surface area contributed by atoms with Crippen molar-refractivity contribution in [2.75, 3.05) is 11.4 Å². The zero-order chi connectivity index (χ0) is 14.7. The molecule has 0 fully saturated rings. The Morgan fingerprint density at radius 1 is 1.55 bits per heavy atom. The molecule has 108 valence electrons. The Balaban J connectivity index is 2.34. The summed E-state index contributed by atoms with van der Waals surface area (Å²) >= 11 is 2.92.